The second-order valence-corrected chi connectivity index (χ2v) is 8.08. The summed E-state index contributed by atoms with van der Waals surface area (Å²) in [4.78, 5) is 18.2. The van der Waals surface area contributed by atoms with E-state index in [-0.39, 0.29) is 5.56 Å². The van der Waals surface area contributed by atoms with Crippen molar-refractivity contribution in [2.24, 2.45) is 0 Å². The fraction of sp³-hybridized carbons (Fsp3) is 0.462. The van der Waals surface area contributed by atoms with E-state index >= 15 is 0 Å². The Kier molecular flexibility index (Phi) is 9.41. The zero-order valence-corrected chi connectivity index (χ0v) is 19.0. The van der Waals surface area contributed by atoms with Gasteiger partial charge in [-0.15, -0.1) is 0 Å². The van der Waals surface area contributed by atoms with Crippen molar-refractivity contribution in [3.05, 3.63) is 54.1 Å². The lowest BCUT2D eigenvalue weighted by atomic mass is 10.1. The number of hydrogen-bond acceptors (Lipinski definition) is 5. The van der Waals surface area contributed by atoms with Gasteiger partial charge in [-0.1, -0.05) is 63.3 Å². The first-order valence-electron chi connectivity index (χ1n) is 11.7. The molecular weight excluding hydrogens is 404 g/mol. The smallest absolute Gasteiger partial charge is 0.339 e. The van der Waals surface area contributed by atoms with Gasteiger partial charge in [-0.25, -0.2) is 4.79 Å². The number of unbranched alkanes of at least 4 members (excludes halogenated alkanes) is 6. The normalized spacial score (nSPS) is 11.0. The summed E-state index contributed by atoms with van der Waals surface area (Å²) in [5.41, 5.74) is 1.89. The van der Waals surface area contributed by atoms with Crippen LogP contribution in [0.5, 0.6) is 5.75 Å². The molecule has 6 heteroatoms. The third kappa shape index (κ3) is 7.01. The topological polar surface area (TPSA) is 75.8 Å². The van der Waals surface area contributed by atoms with Gasteiger partial charge in [0.2, 0.25) is 0 Å². The molecule has 0 saturated carbocycles. The summed E-state index contributed by atoms with van der Waals surface area (Å²) in [5.74, 6) is -0.551. The van der Waals surface area contributed by atoms with Gasteiger partial charge < -0.3 is 19.2 Å². The number of aromatic carboxylic acids is 1. The quantitative estimate of drug-likeness (QED) is 0.271. The molecule has 1 aromatic heterocycles. The molecule has 32 heavy (non-hydrogen) atoms. The number of carbonyl (C=O) groups is 1. The minimum absolute atomic E-state index is 0.198. The van der Waals surface area contributed by atoms with E-state index in [1.165, 1.54) is 32.1 Å². The predicted octanol–water partition coefficient (Wildman–Crippen LogP) is 6.55. The van der Waals surface area contributed by atoms with Gasteiger partial charge >= 0.3 is 5.97 Å². The van der Waals surface area contributed by atoms with E-state index in [1.807, 2.05) is 24.3 Å². The van der Waals surface area contributed by atoms with Crippen LogP contribution < -0.4 is 9.64 Å². The van der Waals surface area contributed by atoms with Crippen LogP contribution in [0.1, 0.15) is 68.6 Å². The first kappa shape index (κ1) is 23.6. The molecule has 0 amide bonds. The van der Waals surface area contributed by atoms with Crippen LogP contribution in [0, 0.1) is 0 Å². The number of aromatic nitrogens is 1. The lowest BCUT2D eigenvalue weighted by molar-refractivity contribution is 0.0692. The van der Waals surface area contributed by atoms with E-state index in [9.17, 15) is 9.90 Å². The molecule has 3 aromatic rings. The fourth-order valence-corrected chi connectivity index (χ4v) is 3.74. The summed E-state index contributed by atoms with van der Waals surface area (Å²) in [6.45, 7) is 4.45. The van der Waals surface area contributed by atoms with Crippen molar-refractivity contribution in [3.63, 3.8) is 0 Å². The largest absolute Gasteiger partial charge is 0.493 e. The number of fused-ring (bicyclic) bond motifs is 1. The first-order valence-corrected chi connectivity index (χ1v) is 11.7. The highest BCUT2D eigenvalue weighted by atomic mass is 16.5. The Hall–Kier alpha value is -3.02. The summed E-state index contributed by atoms with van der Waals surface area (Å²) >= 11 is 0. The number of para-hydroxylation sites is 3. The third-order valence-electron chi connectivity index (χ3n) is 5.53. The van der Waals surface area contributed by atoms with Gasteiger partial charge in [0, 0.05) is 13.1 Å². The number of carboxylic acid groups (broad SMARTS) is 1. The average molecular weight is 439 g/mol. The van der Waals surface area contributed by atoms with Gasteiger partial charge in [0.05, 0.1) is 6.61 Å². The Balaban J connectivity index is 1.51. The highest BCUT2D eigenvalue weighted by Gasteiger charge is 2.14. The van der Waals surface area contributed by atoms with Crippen LogP contribution in [0.4, 0.5) is 6.01 Å². The van der Waals surface area contributed by atoms with E-state index in [1.54, 1.807) is 24.3 Å². The summed E-state index contributed by atoms with van der Waals surface area (Å²) in [6, 6.07) is 15.3. The summed E-state index contributed by atoms with van der Waals surface area (Å²) < 4.78 is 11.7. The van der Waals surface area contributed by atoms with Crippen LogP contribution in [0.25, 0.3) is 11.1 Å². The molecule has 6 nitrogen and oxygen atoms in total. The molecule has 0 unspecified atom stereocenters. The van der Waals surface area contributed by atoms with Gasteiger partial charge in [-0.2, -0.15) is 4.98 Å². The van der Waals surface area contributed by atoms with Crippen LogP contribution in [-0.2, 0) is 0 Å². The van der Waals surface area contributed by atoms with Crippen LogP contribution in [0.15, 0.2) is 52.9 Å². The summed E-state index contributed by atoms with van der Waals surface area (Å²) in [5, 5.41) is 9.27. The zero-order chi connectivity index (χ0) is 22.6. The number of rotatable bonds is 15. The fourth-order valence-electron chi connectivity index (χ4n) is 3.74. The van der Waals surface area contributed by atoms with Crippen molar-refractivity contribution in [2.45, 2.75) is 58.3 Å². The number of oxazole rings is 1. The average Bonchev–Trinajstić information content (AvgIpc) is 3.24. The minimum Gasteiger partial charge on any atom is -0.493 e. The first-order chi connectivity index (χ1) is 15.7. The number of carboxylic acids is 1. The monoisotopic (exact) mass is 438 g/mol. The second kappa shape index (κ2) is 12.7. The van der Waals surface area contributed by atoms with Crippen LogP contribution in [0.2, 0.25) is 0 Å². The number of benzene rings is 2. The zero-order valence-electron chi connectivity index (χ0n) is 19.0. The van der Waals surface area contributed by atoms with Crippen molar-refractivity contribution in [1.29, 1.82) is 0 Å². The molecule has 172 valence electrons. The van der Waals surface area contributed by atoms with E-state index in [2.05, 4.69) is 16.8 Å². The molecule has 1 heterocycles. The van der Waals surface area contributed by atoms with E-state index in [0.717, 1.165) is 43.5 Å². The molecule has 0 atom stereocenters. The summed E-state index contributed by atoms with van der Waals surface area (Å²) in [7, 11) is 0. The van der Waals surface area contributed by atoms with Gasteiger partial charge in [0.25, 0.3) is 6.01 Å². The highest BCUT2D eigenvalue weighted by molar-refractivity contribution is 5.90. The molecular formula is C26H34N2O4. The predicted molar refractivity (Wildman–Crippen MR) is 128 cm³/mol. The Labute approximate surface area is 190 Å². The minimum atomic E-state index is -0.971. The molecule has 3 rings (SSSR count). The molecule has 0 saturated heterocycles. The molecule has 0 fully saturated rings. The standard InChI is InChI=1S/C26H34N2O4/c1-2-3-4-5-6-11-18-28(26-27-22-15-8-10-17-24(22)32-26)19-12-13-20-31-23-16-9-7-14-21(23)25(29)30/h7-10,14-17H,2-6,11-13,18-20H2,1H3,(H,29,30). The van der Waals surface area contributed by atoms with E-state index in [4.69, 9.17) is 9.15 Å². The maximum atomic E-state index is 11.3. The van der Waals surface area contributed by atoms with Gasteiger partial charge in [-0.3, -0.25) is 0 Å². The van der Waals surface area contributed by atoms with Crippen molar-refractivity contribution >= 4 is 23.1 Å². The molecule has 1 N–H and O–H groups in total. The molecule has 0 aliphatic rings. The molecule has 0 spiro atoms. The molecule has 0 bridgehead atoms. The van der Waals surface area contributed by atoms with Crippen LogP contribution in [0.3, 0.4) is 0 Å². The maximum absolute atomic E-state index is 11.3. The van der Waals surface area contributed by atoms with Crippen molar-refractivity contribution in [2.75, 3.05) is 24.6 Å². The number of nitrogens with zero attached hydrogens (tertiary/aromatic N) is 2. The number of ether oxygens (including phenoxy) is 1. The van der Waals surface area contributed by atoms with E-state index < -0.39 is 5.97 Å². The molecule has 0 aliphatic carbocycles. The highest BCUT2D eigenvalue weighted by Crippen LogP contribution is 2.23. The van der Waals surface area contributed by atoms with Crippen LogP contribution in [-0.4, -0.2) is 35.8 Å². The Bertz CT molecular complexity index is 936. The van der Waals surface area contributed by atoms with E-state index in [0.29, 0.717) is 18.4 Å². The Morgan fingerprint density at radius 1 is 0.938 bits per heavy atom. The maximum Gasteiger partial charge on any atom is 0.339 e. The van der Waals surface area contributed by atoms with Crippen molar-refractivity contribution in [3.8, 4) is 5.75 Å². The SMILES string of the molecule is CCCCCCCCN(CCCCOc1ccccc1C(=O)O)c1nc2ccccc2o1. The number of anilines is 1. The van der Waals surface area contributed by atoms with Gasteiger partial charge in [0.1, 0.15) is 16.8 Å². The second-order valence-electron chi connectivity index (χ2n) is 8.08. The van der Waals surface area contributed by atoms with Gasteiger partial charge in [-0.05, 0) is 43.5 Å². The lowest BCUT2D eigenvalue weighted by Gasteiger charge is -2.20. The van der Waals surface area contributed by atoms with Crippen molar-refractivity contribution in [1.82, 2.24) is 4.98 Å². The van der Waals surface area contributed by atoms with Gasteiger partial charge in [0.15, 0.2) is 5.58 Å². The Morgan fingerprint density at radius 3 is 2.41 bits per heavy atom. The molecule has 2 aromatic carbocycles. The molecule has 0 radical (unpaired) electrons. The lowest BCUT2D eigenvalue weighted by Crippen LogP contribution is -2.26. The summed E-state index contributed by atoms with van der Waals surface area (Å²) in [6.07, 6.45) is 9.19. The third-order valence-corrected chi connectivity index (χ3v) is 5.53. The molecule has 0 aliphatic heterocycles. The van der Waals surface area contributed by atoms with Crippen LogP contribution >= 0.6 is 0 Å². The number of hydrogen-bond donors (Lipinski definition) is 1. The van der Waals surface area contributed by atoms with Crippen molar-refractivity contribution < 1.29 is 19.1 Å². The Morgan fingerprint density at radius 2 is 1.62 bits per heavy atom.